The molecular formula is C18H16ClFN2O5. The first-order chi connectivity index (χ1) is 12.8. The van der Waals surface area contributed by atoms with Crippen molar-refractivity contribution in [2.75, 3.05) is 26.2 Å². The molecule has 0 aromatic heterocycles. The molecule has 0 unspecified atom stereocenters. The molecule has 142 valence electrons. The Bertz CT molecular complexity index is 869. The second-order valence-corrected chi connectivity index (χ2v) is 6.45. The first-order valence-corrected chi connectivity index (χ1v) is 8.45. The van der Waals surface area contributed by atoms with E-state index in [2.05, 4.69) is 0 Å². The van der Waals surface area contributed by atoms with Crippen LogP contribution in [0.25, 0.3) is 0 Å². The van der Waals surface area contributed by atoms with Crippen molar-refractivity contribution >= 4 is 23.4 Å². The van der Waals surface area contributed by atoms with Crippen LogP contribution in [0.5, 0.6) is 17.2 Å². The number of halogens is 2. The van der Waals surface area contributed by atoms with Crippen molar-refractivity contribution in [2.45, 2.75) is 0 Å². The molecule has 1 aliphatic heterocycles. The molecule has 1 heterocycles. The molecule has 0 bridgehead atoms. The molecule has 27 heavy (non-hydrogen) atoms. The fraction of sp³-hybridized carbons (Fsp3) is 0.222. The van der Waals surface area contributed by atoms with Crippen molar-refractivity contribution in [1.82, 2.24) is 9.80 Å². The molecule has 2 aromatic rings. The number of piperazine rings is 1. The molecule has 0 atom stereocenters. The van der Waals surface area contributed by atoms with Gasteiger partial charge in [-0.3, -0.25) is 9.59 Å². The molecule has 0 radical (unpaired) electrons. The van der Waals surface area contributed by atoms with Crippen molar-refractivity contribution in [3.8, 4) is 17.2 Å². The summed E-state index contributed by atoms with van der Waals surface area (Å²) in [5.41, 5.74) is -0.202. The van der Waals surface area contributed by atoms with Crippen molar-refractivity contribution in [3.63, 3.8) is 0 Å². The maximum atomic E-state index is 13.9. The summed E-state index contributed by atoms with van der Waals surface area (Å²) in [6, 6.07) is 6.10. The molecule has 1 aliphatic rings. The second kappa shape index (κ2) is 7.32. The molecule has 0 spiro atoms. The zero-order valence-electron chi connectivity index (χ0n) is 14.0. The molecule has 7 nitrogen and oxygen atoms in total. The smallest absolute Gasteiger partial charge is 0.258 e. The highest BCUT2D eigenvalue weighted by Gasteiger charge is 2.28. The van der Waals surface area contributed by atoms with Crippen molar-refractivity contribution in [2.24, 2.45) is 0 Å². The van der Waals surface area contributed by atoms with Crippen LogP contribution in [-0.2, 0) is 0 Å². The van der Waals surface area contributed by atoms with Gasteiger partial charge in [-0.15, -0.1) is 0 Å². The van der Waals surface area contributed by atoms with E-state index in [1.54, 1.807) is 0 Å². The highest BCUT2D eigenvalue weighted by Crippen LogP contribution is 2.35. The van der Waals surface area contributed by atoms with Crippen molar-refractivity contribution < 1.29 is 29.3 Å². The molecule has 1 saturated heterocycles. The van der Waals surface area contributed by atoms with E-state index in [1.165, 1.54) is 21.9 Å². The summed E-state index contributed by atoms with van der Waals surface area (Å²) in [6.45, 7) is 0.703. The minimum Gasteiger partial charge on any atom is -0.504 e. The van der Waals surface area contributed by atoms with Crippen LogP contribution in [-0.4, -0.2) is 63.1 Å². The minimum absolute atomic E-state index is 0.000255. The van der Waals surface area contributed by atoms with Crippen LogP contribution in [0.3, 0.4) is 0 Å². The Labute approximate surface area is 158 Å². The topological polar surface area (TPSA) is 101 Å². The molecule has 9 heteroatoms. The number of hydrogen-bond donors (Lipinski definition) is 3. The van der Waals surface area contributed by atoms with Gasteiger partial charge >= 0.3 is 0 Å². The first-order valence-electron chi connectivity index (χ1n) is 8.07. The fourth-order valence-corrected chi connectivity index (χ4v) is 3.13. The van der Waals surface area contributed by atoms with Gasteiger partial charge in [0.15, 0.2) is 17.2 Å². The highest BCUT2D eigenvalue weighted by molar-refractivity contribution is 6.33. The standard InChI is InChI=1S/C18H16ClFN2O5/c19-11-2-1-3-12(20)15(11)18(27)22-6-4-21(5-7-22)17(26)10-8-13(23)16(25)14(24)9-10/h1-3,8-9,23-25H,4-7H2. The van der Waals surface area contributed by atoms with Gasteiger partial charge in [0.25, 0.3) is 11.8 Å². The van der Waals surface area contributed by atoms with E-state index in [1.807, 2.05) is 0 Å². The van der Waals surface area contributed by atoms with Crippen LogP contribution in [0.15, 0.2) is 30.3 Å². The van der Waals surface area contributed by atoms with Gasteiger partial charge in [0.2, 0.25) is 0 Å². The lowest BCUT2D eigenvalue weighted by atomic mass is 10.1. The van der Waals surface area contributed by atoms with Crippen LogP contribution in [0.1, 0.15) is 20.7 Å². The summed E-state index contributed by atoms with van der Waals surface area (Å²) in [5.74, 6) is -3.66. The van der Waals surface area contributed by atoms with Crippen LogP contribution in [0, 0.1) is 5.82 Å². The lowest BCUT2D eigenvalue weighted by Crippen LogP contribution is -2.50. The Kier molecular flexibility index (Phi) is 5.09. The van der Waals surface area contributed by atoms with E-state index in [4.69, 9.17) is 11.6 Å². The van der Waals surface area contributed by atoms with Gasteiger partial charge in [0.05, 0.1) is 10.6 Å². The quantitative estimate of drug-likeness (QED) is 0.678. The maximum absolute atomic E-state index is 13.9. The summed E-state index contributed by atoms with van der Waals surface area (Å²) in [6.07, 6.45) is 0. The van der Waals surface area contributed by atoms with E-state index in [9.17, 15) is 29.3 Å². The third-order valence-corrected chi connectivity index (χ3v) is 4.66. The van der Waals surface area contributed by atoms with Gasteiger partial charge in [0.1, 0.15) is 5.82 Å². The van der Waals surface area contributed by atoms with Crippen molar-refractivity contribution in [1.29, 1.82) is 0 Å². The number of rotatable bonds is 2. The molecule has 3 N–H and O–H groups in total. The largest absolute Gasteiger partial charge is 0.504 e. The van der Waals surface area contributed by atoms with E-state index in [0.29, 0.717) is 0 Å². The summed E-state index contributed by atoms with van der Waals surface area (Å²) < 4.78 is 13.9. The Morgan fingerprint density at radius 1 is 0.926 bits per heavy atom. The van der Waals surface area contributed by atoms with Gasteiger partial charge in [-0.1, -0.05) is 17.7 Å². The predicted octanol–water partition coefficient (Wildman–Crippen LogP) is 2.19. The third kappa shape index (κ3) is 3.61. The van der Waals surface area contributed by atoms with Gasteiger partial charge in [0, 0.05) is 31.7 Å². The Hall–Kier alpha value is -3.00. The molecule has 2 amide bonds. The fourth-order valence-electron chi connectivity index (χ4n) is 2.88. The highest BCUT2D eigenvalue weighted by atomic mass is 35.5. The first kappa shape index (κ1) is 18.8. The number of carbonyl (C=O) groups is 2. The summed E-state index contributed by atoms with van der Waals surface area (Å²) in [5, 5.41) is 28.5. The van der Waals surface area contributed by atoms with Gasteiger partial charge in [-0.2, -0.15) is 0 Å². The van der Waals surface area contributed by atoms with Gasteiger partial charge < -0.3 is 25.1 Å². The van der Waals surface area contributed by atoms with E-state index in [0.717, 1.165) is 18.2 Å². The minimum atomic E-state index is -0.707. The van der Waals surface area contributed by atoms with Gasteiger partial charge in [-0.25, -0.2) is 4.39 Å². The van der Waals surface area contributed by atoms with Crippen LogP contribution >= 0.6 is 11.6 Å². The molecule has 0 aliphatic carbocycles. The van der Waals surface area contributed by atoms with Crippen LogP contribution in [0.2, 0.25) is 5.02 Å². The molecule has 0 saturated carbocycles. The number of nitrogens with zero attached hydrogens (tertiary/aromatic N) is 2. The normalized spacial score (nSPS) is 14.3. The van der Waals surface area contributed by atoms with Crippen LogP contribution in [0.4, 0.5) is 4.39 Å². The molecule has 1 fully saturated rings. The van der Waals surface area contributed by atoms with E-state index < -0.39 is 34.9 Å². The van der Waals surface area contributed by atoms with E-state index >= 15 is 0 Å². The number of phenols is 3. The zero-order valence-corrected chi connectivity index (χ0v) is 14.8. The number of carbonyl (C=O) groups excluding carboxylic acids is 2. The Morgan fingerprint density at radius 3 is 1.96 bits per heavy atom. The average molecular weight is 395 g/mol. The molecule has 3 rings (SSSR count). The lowest BCUT2D eigenvalue weighted by molar-refractivity contribution is 0.0532. The van der Waals surface area contributed by atoms with E-state index in [-0.39, 0.29) is 42.3 Å². The molecule has 2 aromatic carbocycles. The number of hydrogen-bond acceptors (Lipinski definition) is 5. The number of aromatic hydroxyl groups is 3. The maximum Gasteiger partial charge on any atom is 0.258 e. The average Bonchev–Trinajstić information content (AvgIpc) is 2.65. The monoisotopic (exact) mass is 394 g/mol. The summed E-state index contributed by atoms with van der Waals surface area (Å²) >= 11 is 5.93. The van der Waals surface area contributed by atoms with Gasteiger partial charge in [-0.05, 0) is 24.3 Å². The molecular weight excluding hydrogens is 379 g/mol. The Balaban J connectivity index is 1.70. The number of phenolic OH excluding ortho intramolecular Hbond substituents is 3. The van der Waals surface area contributed by atoms with Crippen molar-refractivity contribution in [3.05, 3.63) is 52.3 Å². The zero-order chi connectivity index (χ0) is 19.7. The van der Waals surface area contributed by atoms with Crippen LogP contribution < -0.4 is 0 Å². The predicted molar refractivity (Wildman–Crippen MR) is 94.7 cm³/mol. The second-order valence-electron chi connectivity index (χ2n) is 6.04. The summed E-state index contributed by atoms with van der Waals surface area (Å²) in [7, 11) is 0. The number of amides is 2. The number of benzene rings is 2. The summed E-state index contributed by atoms with van der Waals surface area (Å²) in [4.78, 5) is 27.9. The lowest BCUT2D eigenvalue weighted by Gasteiger charge is -2.35. The third-order valence-electron chi connectivity index (χ3n) is 4.35. The SMILES string of the molecule is O=C(c1cc(O)c(O)c(O)c1)N1CCN(C(=O)c2c(F)cccc2Cl)CC1. The Morgan fingerprint density at radius 2 is 1.44 bits per heavy atom.